The molecular formula is C14H21N5O. The summed E-state index contributed by atoms with van der Waals surface area (Å²) in [6.07, 6.45) is 2.82. The monoisotopic (exact) mass is 275 g/mol. The van der Waals surface area contributed by atoms with Crippen LogP contribution in [0, 0.1) is 0 Å². The summed E-state index contributed by atoms with van der Waals surface area (Å²) in [5.74, 6) is 1.14. The van der Waals surface area contributed by atoms with Crippen molar-refractivity contribution in [1.82, 2.24) is 14.8 Å². The Morgan fingerprint density at radius 3 is 2.80 bits per heavy atom. The summed E-state index contributed by atoms with van der Waals surface area (Å²) in [5.41, 5.74) is 8.34. The number of ether oxygens (including phenoxy) is 1. The van der Waals surface area contributed by atoms with Gasteiger partial charge in [0.2, 0.25) is 5.88 Å². The van der Waals surface area contributed by atoms with E-state index in [1.54, 1.807) is 10.7 Å². The second-order valence-electron chi connectivity index (χ2n) is 4.90. The summed E-state index contributed by atoms with van der Waals surface area (Å²) in [6, 6.07) is 3.62. The molecule has 0 spiro atoms. The Kier molecular flexibility index (Phi) is 4.12. The SMILES string of the molecule is CCc1nn(C)cc1Nc1ccc(N)c(OC(C)C)n1. The minimum atomic E-state index is 0.0321. The molecule has 2 rings (SSSR count). The number of nitrogens with zero attached hydrogens (tertiary/aromatic N) is 3. The highest BCUT2D eigenvalue weighted by Gasteiger charge is 2.10. The van der Waals surface area contributed by atoms with Crippen LogP contribution in [0.4, 0.5) is 17.2 Å². The minimum absolute atomic E-state index is 0.0321. The van der Waals surface area contributed by atoms with E-state index in [2.05, 4.69) is 22.3 Å². The Balaban J connectivity index is 2.25. The average Bonchev–Trinajstić information content (AvgIpc) is 2.73. The highest BCUT2D eigenvalue weighted by atomic mass is 16.5. The molecule has 0 aliphatic carbocycles. The van der Waals surface area contributed by atoms with E-state index >= 15 is 0 Å². The van der Waals surface area contributed by atoms with Crippen molar-refractivity contribution in [2.75, 3.05) is 11.1 Å². The molecule has 2 aromatic heterocycles. The van der Waals surface area contributed by atoms with E-state index < -0.39 is 0 Å². The zero-order valence-corrected chi connectivity index (χ0v) is 12.3. The normalized spacial score (nSPS) is 10.8. The molecule has 0 saturated carbocycles. The molecular weight excluding hydrogens is 254 g/mol. The Bertz CT molecular complexity index is 591. The predicted octanol–water partition coefficient (Wildman–Crippen LogP) is 2.49. The van der Waals surface area contributed by atoms with Crippen LogP contribution in [0.2, 0.25) is 0 Å². The van der Waals surface area contributed by atoms with E-state index in [9.17, 15) is 0 Å². The second kappa shape index (κ2) is 5.81. The lowest BCUT2D eigenvalue weighted by molar-refractivity contribution is 0.234. The maximum absolute atomic E-state index is 5.86. The molecule has 0 unspecified atom stereocenters. The van der Waals surface area contributed by atoms with Gasteiger partial charge in [0.05, 0.1) is 23.2 Å². The van der Waals surface area contributed by atoms with E-state index in [-0.39, 0.29) is 6.10 Å². The summed E-state index contributed by atoms with van der Waals surface area (Å²) in [6.45, 7) is 5.95. The number of nitrogen functional groups attached to an aromatic ring is 1. The fraction of sp³-hybridized carbons (Fsp3) is 0.429. The lowest BCUT2D eigenvalue weighted by Crippen LogP contribution is -2.09. The van der Waals surface area contributed by atoms with Gasteiger partial charge in [0.1, 0.15) is 5.82 Å². The van der Waals surface area contributed by atoms with Crippen LogP contribution in [0.25, 0.3) is 0 Å². The Hall–Kier alpha value is -2.24. The summed E-state index contributed by atoms with van der Waals surface area (Å²) >= 11 is 0. The van der Waals surface area contributed by atoms with Crippen LogP contribution in [-0.2, 0) is 13.5 Å². The number of nitrogens with one attached hydrogen (secondary N) is 1. The van der Waals surface area contributed by atoms with Crippen molar-refractivity contribution in [1.29, 1.82) is 0 Å². The van der Waals surface area contributed by atoms with Crippen LogP contribution in [0.1, 0.15) is 26.5 Å². The molecule has 0 aliphatic heterocycles. The lowest BCUT2D eigenvalue weighted by atomic mass is 10.3. The van der Waals surface area contributed by atoms with Crippen LogP contribution in [0.15, 0.2) is 18.3 Å². The fourth-order valence-corrected chi connectivity index (χ4v) is 1.88. The van der Waals surface area contributed by atoms with Gasteiger partial charge in [-0.15, -0.1) is 0 Å². The van der Waals surface area contributed by atoms with Gasteiger partial charge in [0.25, 0.3) is 0 Å². The van der Waals surface area contributed by atoms with Crippen LogP contribution in [-0.4, -0.2) is 20.9 Å². The summed E-state index contributed by atoms with van der Waals surface area (Å²) in [4.78, 5) is 4.40. The molecule has 20 heavy (non-hydrogen) atoms. The lowest BCUT2D eigenvalue weighted by Gasteiger charge is -2.12. The first kappa shape index (κ1) is 14.2. The second-order valence-corrected chi connectivity index (χ2v) is 4.90. The predicted molar refractivity (Wildman–Crippen MR) is 80.3 cm³/mol. The van der Waals surface area contributed by atoms with Crippen LogP contribution >= 0.6 is 0 Å². The zero-order chi connectivity index (χ0) is 14.7. The molecule has 0 aliphatic rings. The number of pyridine rings is 1. The molecule has 2 aromatic rings. The molecule has 3 N–H and O–H groups in total. The number of aromatic nitrogens is 3. The third kappa shape index (κ3) is 3.20. The average molecular weight is 275 g/mol. The maximum Gasteiger partial charge on any atom is 0.239 e. The largest absolute Gasteiger partial charge is 0.473 e. The fourth-order valence-electron chi connectivity index (χ4n) is 1.88. The highest BCUT2D eigenvalue weighted by Crippen LogP contribution is 2.25. The van der Waals surface area contributed by atoms with Crippen molar-refractivity contribution in [3.8, 4) is 5.88 Å². The van der Waals surface area contributed by atoms with Crippen molar-refractivity contribution in [2.45, 2.75) is 33.3 Å². The van der Waals surface area contributed by atoms with Gasteiger partial charge in [-0.3, -0.25) is 4.68 Å². The highest BCUT2D eigenvalue weighted by molar-refractivity contribution is 5.61. The van der Waals surface area contributed by atoms with Crippen LogP contribution < -0.4 is 15.8 Å². The number of hydrogen-bond donors (Lipinski definition) is 2. The van der Waals surface area contributed by atoms with E-state index in [4.69, 9.17) is 10.5 Å². The van der Waals surface area contributed by atoms with Gasteiger partial charge < -0.3 is 15.8 Å². The molecule has 0 bridgehead atoms. The molecule has 0 radical (unpaired) electrons. The van der Waals surface area contributed by atoms with Gasteiger partial charge in [-0.25, -0.2) is 0 Å². The zero-order valence-electron chi connectivity index (χ0n) is 12.3. The molecule has 2 heterocycles. The summed E-state index contributed by atoms with van der Waals surface area (Å²) in [5, 5.41) is 7.64. The van der Waals surface area contributed by atoms with Crippen molar-refractivity contribution >= 4 is 17.2 Å². The molecule has 6 heteroatoms. The third-order valence-corrected chi connectivity index (χ3v) is 2.74. The van der Waals surface area contributed by atoms with Crippen LogP contribution in [0.3, 0.4) is 0 Å². The molecule has 0 atom stereocenters. The van der Waals surface area contributed by atoms with E-state index in [0.717, 1.165) is 17.8 Å². The first-order valence-electron chi connectivity index (χ1n) is 6.72. The third-order valence-electron chi connectivity index (χ3n) is 2.74. The number of hydrogen-bond acceptors (Lipinski definition) is 5. The topological polar surface area (TPSA) is 78.0 Å². The number of rotatable bonds is 5. The first-order valence-corrected chi connectivity index (χ1v) is 6.72. The maximum atomic E-state index is 5.86. The van der Waals surface area contributed by atoms with Gasteiger partial charge >= 0.3 is 0 Å². The molecule has 6 nitrogen and oxygen atoms in total. The number of aryl methyl sites for hydroxylation is 2. The number of anilines is 3. The van der Waals surface area contributed by atoms with Crippen molar-refractivity contribution < 1.29 is 4.74 Å². The Morgan fingerprint density at radius 1 is 1.40 bits per heavy atom. The van der Waals surface area contributed by atoms with Gasteiger partial charge in [-0.1, -0.05) is 6.92 Å². The first-order chi connectivity index (χ1) is 9.49. The summed E-state index contributed by atoms with van der Waals surface area (Å²) in [7, 11) is 1.90. The van der Waals surface area contributed by atoms with Crippen molar-refractivity contribution in [3.05, 3.63) is 24.0 Å². The van der Waals surface area contributed by atoms with Crippen LogP contribution in [0.5, 0.6) is 5.88 Å². The molecule has 0 aromatic carbocycles. The standard InChI is InChI=1S/C14H21N5O/c1-5-11-12(8-19(4)18-11)16-13-7-6-10(15)14(17-13)20-9(2)3/h6-9H,5,15H2,1-4H3,(H,16,17). The minimum Gasteiger partial charge on any atom is -0.473 e. The number of nitrogens with two attached hydrogens (primary N) is 1. The molecule has 0 saturated heterocycles. The van der Waals surface area contributed by atoms with E-state index in [1.807, 2.05) is 33.2 Å². The summed E-state index contributed by atoms with van der Waals surface area (Å²) < 4.78 is 7.37. The smallest absolute Gasteiger partial charge is 0.239 e. The quantitative estimate of drug-likeness (QED) is 0.876. The van der Waals surface area contributed by atoms with Gasteiger partial charge in [0, 0.05) is 13.2 Å². The molecule has 108 valence electrons. The van der Waals surface area contributed by atoms with Crippen molar-refractivity contribution in [2.24, 2.45) is 7.05 Å². The molecule has 0 fully saturated rings. The van der Waals surface area contributed by atoms with Gasteiger partial charge in [-0.2, -0.15) is 10.1 Å². The Labute approximate surface area is 119 Å². The van der Waals surface area contributed by atoms with Gasteiger partial charge in [0.15, 0.2) is 0 Å². The van der Waals surface area contributed by atoms with E-state index in [0.29, 0.717) is 17.4 Å². The molecule has 0 amide bonds. The van der Waals surface area contributed by atoms with E-state index in [1.165, 1.54) is 0 Å². The van der Waals surface area contributed by atoms with Gasteiger partial charge in [-0.05, 0) is 32.4 Å². The van der Waals surface area contributed by atoms with Crippen molar-refractivity contribution in [3.63, 3.8) is 0 Å². The Morgan fingerprint density at radius 2 is 2.15 bits per heavy atom.